The maximum Gasteiger partial charge on any atom is 0.122 e. The van der Waals surface area contributed by atoms with Gasteiger partial charge in [-0.1, -0.05) is 19.1 Å². The molecule has 84 valence electrons. The van der Waals surface area contributed by atoms with Crippen LogP contribution in [0.4, 0.5) is 0 Å². The van der Waals surface area contributed by atoms with Gasteiger partial charge in [-0.15, -0.1) is 0 Å². The lowest BCUT2D eigenvalue weighted by molar-refractivity contribution is 0.336. The van der Waals surface area contributed by atoms with Gasteiger partial charge in [0.2, 0.25) is 0 Å². The van der Waals surface area contributed by atoms with Crippen molar-refractivity contribution in [3.63, 3.8) is 0 Å². The molecule has 0 aliphatic carbocycles. The van der Waals surface area contributed by atoms with Gasteiger partial charge in [0.15, 0.2) is 0 Å². The van der Waals surface area contributed by atoms with Gasteiger partial charge in [-0.25, -0.2) is 0 Å². The van der Waals surface area contributed by atoms with Gasteiger partial charge in [-0.05, 0) is 30.5 Å². The lowest BCUT2D eigenvalue weighted by Crippen LogP contribution is -2.20. The Morgan fingerprint density at radius 3 is 2.60 bits per heavy atom. The second kappa shape index (κ2) is 5.73. The van der Waals surface area contributed by atoms with Crippen LogP contribution in [0.25, 0.3) is 0 Å². The zero-order valence-electron chi connectivity index (χ0n) is 9.49. The average Bonchev–Trinajstić information content (AvgIpc) is 2.29. The minimum atomic E-state index is -0.0778. The van der Waals surface area contributed by atoms with E-state index in [2.05, 4.69) is 13.0 Å². The quantitative estimate of drug-likeness (QED) is 0.772. The van der Waals surface area contributed by atoms with Gasteiger partial charge >= 0.3 is 0 Å². The highest BCUT2D eigenvalue weighted by Crippen LogP contribution is 2.23. The van der Waals surface area contributed by atoms with Crippen LogP contribution in [0.2, 0.25) is 0 Å². The number of benzene rings is 1. The molecule has 4 N–H and O–H groups in total. The highest BCUT2D eigenvalue weighted by molar-refractivity contribution is 5.38. The van der Waals surface area contributed by atoms with Gasteiger partial charge in [0.05, 0.1) is 6.61 Å². The van der Waals surface area contributed by atoms with Crippen molar-refractivity contribution in [3.05, 3.63) is 29.3 Å². The van der Waals surface area contributed by atoms with E-state index in [0.717, 1.165) is 17.7 Å². The van der Waals surface area contributed by atoms with E-state index in [1.54, 1.807) is 0 Å². The van der Waals surface area contributed by atoms with Crippen LogP contribution in [-0.2, 0) is 6.42 Å². The Labute approximate surface area is 91.4 Å². The van der Waals surface area contributed by atoms with Crippen molar-refractivity contribution < 1.29 is 4.74 Å². The van der Waals surface area contributed by atoms with E-state index in [1.165, 1.54) is 5.56 Å². The molecule has 0 aromatic heterocycles. The van der Waals surface area contributed by atoms with Gasteiger partial charge in [0, 0.05) is 12.6 Å². The summed E-state index contributed by atoms with van der Waals surface area (Å²) in [5, 5.41) is 0. The molecular formula is C12H20N2O. The number of hydrogen-bond acceptors (Lipinski definition) is 3. The van der Waals surface area contributed by atoms with E-state index in [1.807, 2.05) is 19.1 Å². The zero-order chi connectivity index (χ0) is 11.3. The van der Waals surface area contributed by atoms with Gasteiger partial charge in [0.1, 0.15) is 5.75 Å². The van der Waals surface area contributed by atoms with Crippen LogP contribution < -0.4 is 16.2 Å². The van der Waals surface area contributed by atoms with Crippen molar-refractivity contribution in [3.8, 4) is 5.75 Å². The summed E-state index contributed by atoms with van der Waals surface area (Å²) >= 11 is 0. The minimum Gasteiger partial charge on any atom is -0.494 e. The van der Waals surface area contributed by atoms with Crippen molar-refractivity contribution >= 4 is 0 Å². The molecule has 0 saturated carbocycles. The van der Waals surface area contributed by atoms with Gasteiger partial charge < -0.3 is 16.2 Å². The molecule has 3 heteroatoms. The van der Waals surface area contributed by atoms with Crippen LogP contribution in [0.15, 0.2) is 18.2 Å². The molecule has 0 aliphatic rings. The maximum atomic E-state index is 5.88. The molecule has 0 heterocycles. The molecule has 3 nitrogen and oxygen atoms in total. The summed E-state index contributed by atoms with van der Waals surface area (Å²) in [7, 11) is 0. The van der Waals surface area contributed by atoms with Crippen LogP contribution in [0.1, 0.15) is 31.0 Å². The van der Waals surface area contributed by atoms with Crippen molar-refractivity contribution in [1.82, 2.24) is 0 Å². The SMILES string of the molecule is CCOc1ccc(C(N)CN)cc1CC. The first-order chi connectivity index (χ1) is 7.22. The highest BCUT2D eigenvalue weighted by atomic mass is 16.5. The molecule has 1 rings (SSSR count). The topological polar surface area (TPSA) is 61.3 Å². The molecule has 0 amide bonds. The molecule has 1 aromatic rings. The summed E-state index contributed by atoms with van der Waals surface area (Å²) in [6.07, 6.45) is 0.945. The lowest BCUT2D eigenvalue weighted by atomic mass is 10.0. The van der Waals surface area contributed by atoms with E-state index in [-0.39, 0.29) is 6.04 Å². The van der Waals surface area contributed by atoms with E-state index < -0.39 is 0 Å². The molecule has 1 atom stereocenters. The fourth-order valence-corrected chi connectivity index (χ4v) is 1.54. The summed E-state index contributed by atoms with van der Waals surface area (Å²) < 4.78 is 5.52. The largest absolute Gasteiger partial charge is 0.494 e. The molecule has 0 saturated heterocycles. The van der Waals surface area contributed by atoms with Crippen molar-refractivity contribution in [2.45, 2.75) is 26.3 Å². The predicted molar refractivity (Wildman–Crippen MR) is 63.0 cm³/mol. The summed E-state index contributed by atoms with van der Waals surface area (Å²) in [6, 6.07) is 5.98. The Morgan fingerprint density at radius 2 is 2.07 bits per heavy atom. The minimum absolute atomic E-state index is 0.0778. The third-order valence-electron chi connectivity index (χ3n) is 2.45. The van der Waals surface area contributed by atoms with E-state index in [4.69, 9.17) is 16.2 Å². The van der Waals surface area contributed by atoms with Crippen molar-refractivity contribution in [1.29, 1.82) is 0 Å². The van der Waals surface area contributed by atoms with E-state index >= 15 is 0 Å². The first-order valence-electron chi connectivity index (χ1n) is 5.44. The van der Waals surface area contributed by atoms with E-state index in [9.17, 15) is 0 Å². The monoisotopic (exact) mass is 208 g/mol. The van der Waals surface area contributed by atoms with Gasteiger partial charge in [-0.3, -0.25) is 0 Å². The Hall–Kier alpha value is -1.06. The molecule has 0 radical (unpaired) electrons. The standard InChI is InChI=1S/C12H20N2O/c1-3-9-7-10(11(14)8-13)5-6-12(9)15-4-2/h5-7,11H,3-4,8,13-14H2,1-2H3. The van der Waals surface area contributed by atoms with Crippen LogP contribution in [-0.4, -0.2) is 13.2 Å². The molecule has 0 fully saturated rings. The summed E-state index contributed by atoms with van der Waals surface area (Å²) in [4.78, 5) is 0. The number of hydrogen-bond donors (Lipinski definition) is 2. The predicted octanol–water partition coefficient (Wildman–Crippen LogP) is 1.61. The second-order valence-electron chi connectivity index (χ2n) is 3.50. The van der Waals surface area contributed by atoms with Crippen LogP contribution in [0.5, 0.6) is 5.75 Å². The summed E-state index contributed by atoms with van der Waals surface area (Å²) in [5.41, 5.74) is 13.7. The third-order valence-corrected chi connectivity index (χ3v) is 2.45. The first-order valence-corrected chi connectivity index (χ1v) is 5.44. The van der Waals surface area contributed by atoms with E-state index in [0.29, 0.717) is 13.2 Å². The maximum absolute atomic E-state index is 5.88. The molecule has 0 aliphatic heterocycles. The number of aryl methyl sites for hydroxylation is 1. The molecular weight excluding hydrogens is 188 g/mol. The number of ether oxygens (including phenoxy) is 1. The number of rotatable bonds is 5. The van der Waals surface area contributed by atoms with Gasteiger partial charge in [-0.2, -0.15) is 0 Å². The lowest BCUT2D eigenvalue weighted by Gasteiger charge is -2.14. The molecule has 1 aromatic carbocycles. The number of nitrogens with two attached hydrogens (primary N) is 2. The van der Waals surface area contributed by atoms with Crippen molar-refractivity contribution in [2.24, 2.45) is 11.5 Å². The Kier molecular flexibility index (Phi) is 4.59. The molecule has 0 bridgehead atoms. The van der Waals surface area contributed by atoms with Crippen LogP contribution in [0.3, 0.4) is 0 Å². The normalized spacial score (nSPS) is 12.5. The average molecular weight is 208 g/mol. The fraction of sp³-hybridized carbons (Fsp3) is 0.500. The second-order valence-corrected chi connectivity index (χ2v) is 3.50. The smallest absolute Gasteiger partial charge is 0.122 e. The van der Waals surface area contributed by atoms with Crippen molar-refractivity contribution in [2.75, 3.05) is 13.2 Å². The third kappa shape index (κ3) is 2.94. The molecule has 0 spiro atoms. The Bertz CT molecular complexity index is 312. The van der Waals surface area contributed by atoms with Crippen LogP contribution in [0, 0.1) is 0 Å². The van der Waals surface area contributed by atoms with Gasteiger partial charge in [0.25, 0.3) is 0 Å². The molecule has 15 heavy (non-hydrogen) atoms. The molecule has 1 unspecified atom stereocenters. The fourth-order valence-electron chi connectivity index (χ4n) is 1.54. The highest BCUT2D eigenvalue weighted by Gasteiger charge is 2.07. The zero-order valence-corrected chi connectivity index (χ0v) is 9.49. The Morgan fingerprint density at radius 1 is 1.33 bits per heavy atom. The Balaban J connectivity index is 2.96. The van der Waals surface area contributed by atoms with Crippen LogP contribution >= 0.6 is 0 Å². The first kappa shape index (κ1) is 12.0. The summed E-state index contributed by atoms with van der Waals surface area (Å²) in [6.45, 7) is 5.25. The summed E-state index contributed by atoms with van der Waals surface area (Å²) in [5.74, 6) is 0.952.